The molecule has 1 aromatic heterocycles. The molecule has 1 heterocycles. The summed E-state index contributed by atoms with van der Waals surface area (Å²) in [6.45, 7) is 4.00. The molecule has 0 spiro atoms. The number of nitro groups is 1. The predicted molar refractivity (Wildman–Crippen MR) is 90.2 cm³/mol. The van der Waals surface area contributed by atoms with E-state index in [9.17, 15) is 24.8 Å². The van der Waals surface area contributed by atoms with Gasteiger partial charge in [-0.05, 0) is 30.0 Å². The molecule has 25 heavy (non-hydrogen) atoms. The summed E-state index contributed by atoms with van der Waals surface area (Å²) in [7, 11) is 0. The second kappa shape index (κ2) is 5.84. The minimum absolute atomic E-state index is 0.00134. The number of carbonyl (C=O) groups is 2. The Morgan fingerprint density at radius 1 is 1.28 bits per heavy atom. The van der Waals surface area contributed by atoms with E-state index in [1.807, 2.05) is 13.8 Å². The van der Waals surface area contributed by atoms with Crippen LogP contribution < -0.4 is 0 Å². The molecule has 7 nitrogen and oxygen atoms in total. The van der Waals surface area contributed by atoms with E-state index in [4.69, 9.17) is 0 Å². The number of hydrogen-bond acceptors (Lipinski definition) is 4. The van der Waals surface area contributed by atoms with Crippen molar-refractivity contribution in [2.24, 2.45) is 5.41 Å². The van der Waals surface area contributed by atoms with Gasteiger partial charge in [0.25, 0.3) is 5.69 Å². The van der Waals surface area contributed by atoms with Gasteiger partial charge in [-0.25, -0.2) is 0 Å². The van der Waals surface area contributed by atoms with Crippen LogP contribution >= 0.6 is 0 Å². The van der Waals surface area contributed by atoms with Crippen LogP contribution in [0.2, 0.25) is 0 Å². The van der Waals surface area contributed by atoms with Gasteiger partial charge in [-0.3, -0.25) is 19.7 Å². The van der Waals surface area contributed by atoms with E-state index in [0.29, 0.717) is 29.8 Å². The van der Waals surface area contributed by atoms with Crippen molar-refractivity contribution in [3.63, 3.8) is 0 Å². The zero-order valence-corrected chi connectivity index (χ0v) is 14.0. The van der Waals surface area contributed by atoms with Crippen LogP contribution in [-0.2, 0) is 17.6 Å². The molecule has 0 radical (unpaired) electrons. The average molecular weight is 342 g/mol. The molecule has 3 rings (SSSR count). The lowest BCUT2D eigenvalue weighted by atomic mass is 9.76. The Hall–Kier alpha value is -2.96. The third-order valence-electron chi connectivity index (χ3n) is 4.42. The average Bonchev–Trinajstić information content (AvgIpc) is 2.83. The highest BCUT2D eigenvalue weighted by Crippen LogP contribution is 2.38. The van der Waals surface area contributed by atoms with E-state index in [2.05, 4.69) is 0 Å². The van der Waals surface area contributed by atoms with Crippen LogP contribution in [0.4, 0.5) is 5.69 Å². The third-order valence-corrected chi connectivity index (χ3v) is 4.42. The minimum atomic E-state index is -0.996. The first-order valence-electron chi connectivity index (χ1n) is 7.91. The Kier molecular flexibility index (Phi) is 3.94. The zero-order valence-electron chi connectivity index (χ0n) is 14.0. The number of carboxylic acids is 1. The van der Waals surface area contributed by atoms with E-state index >= 15 is 0 Å². The van der Waals surface area contributed by atoms with Gasteiger partial charge >= 0.3 is 5.97 Å². The van der Waals surface area contributed by atoms with Crippen LogP contribution in [0.1, 0.15) is 42.0 Å². The van der Waals surface area contributed by atoms with Crippen LogP contribution in [0.5, 0.6) is 0 Å². The lowest BCUT2D eigenvalue weighted by molar-refractivity contribution is -0.384. The Labute approximate surface area is 144 Å². The van der Waals surface area contributed by atoms with Crippen molar-refractivity contribution < 1.29 is 19.6 Å². The number of carbonyl (C=O) groups excluding carboxylic acids is 1. The van der Waals surface area contributed by atoms with Crippen LogP contribution in [0.25, 0.3) is 5.69 Å². The SMILES string of the molecule is CC1(C)CC(=O)c2cc(CC(=O)O)n(-c3ccc([N+](=O)[O-])cc3)c2C1. The Bertz CT molecular complexity index is 878. The number of aromatic nitrogens is 1. The number of Topliss-reactive ketones (excluding diaryl/α,β-unsaturated/α-hetero) is 1. The largest absolute Gasteiger partial charge is 0.481 e. The molecule has 7 heteroatoms. The lowest BCUT2D eigenvalue weighted by Crippen LogP contribution is -2.27. The lowest BCUT2D eigenvalue weighted by Gasteiger charge is -2.30. The predicted octanol–water partition coefficient (Wildman–Crippen LogP) is 3.17. The van der Waals surface area contributed by atoms with Crippen molar-refractivity contribution >= 4 is 17.4 Å². The highest BCUT2D eigenvalue weighted by molar-refractivity contribution is 5.99. The van der Waals surface area contributed by atoms with Crippen molar-refractivity contribution in [3.05, 3.63) is 57.4 Å². The quantitative estimate of drug-likeness (QED) is 0.679. The molecule has 1 aliphatic rings. The molecule has 0 atom stereocenters. The number of nitrogens with zero attached hydrogens (tertiary/aromatic N) is 2. The van der Waals surface area contributed by atoms with Crippen LogP contribution in [0.15, 0.2) is 30.3 Å². The second-order valence-electron chi connectivity index (χ2n) is 7.12. The van der Waals surface area contributed by atoms with Gasteiger partial charge in [-0.1, -0.05) is 13.8 Å². The molecule has 1 aliphatic carbocycles. The van der Waals surface area contributed by atoms with E-state index in [1.165, 1.54) is 12.1 Å². The number of fused-ring (bicyclic) bond motifs is 1. The number of non-ortho nitro benzene ring substituents is 1. The molecule has 0 unspecified atom stereocenters. The number of nitro benzene ring substituents is 1. The van der Waals surface area contributed by atoms with Crippen LogP contribution in [0.3, 0.4) is 0 Å². The number of benzene rings is 1. The van der Waals surface area contributed by atoms with Crippen LogP contribution in [0, 0.1) is 15.5 Å². The molecule has 0 saturated heterocycles. The van der Waals surface area contributed by atoms with Crippen molar-refractivity contribution in [1.29, 1.82) is 0 Å². The molecule has 0 saturated carbocycles. The highest BCUT2D eigenvalue weighted by Gasteiger charge is 2.35. The van der Waals surface area contributed by atoms with Gasteiger partial charge in [-0.15, -0.1) is 0 Å². The fraction of sp³-hybridized carbons (Fsp3) is 0.333. The summed E-state index contributed by atoms with van der Waals surface area (Å²) in [4.78, 5) is 34.1. The summed E-state index contributed by atoms with van der Waals surface area (Å²) in [5.41, 5.74) is 2.17. The van der Waals surface area contributed by atoms with Gasteiger partial charge in [-0.2, -0.15) is 0 Å². The fourth-order valence-electron chi connectivity index (χ4n) is 3.40. The topological polar surface area (TPSA) is 102 Å². The van der Waals surface area contributed by atoms with Crippen molar-refractivity contribution in [1.82, 2.24) is 4.57 Å². The highest BCUT2D eigenvalue weighted by atomic mass is 16.6. The van der Waals surface area contributed by atoms with E-state index < -0.39 is 10.9 Å². The standard InChI is InChI=1S/C18H18N2O5/c1-18(2)9-15-14(16(21)10-18)7-13(8-17(22)23)19(15)11-3-5-12(6-4-11)20(24)25/h3-7H,8-10H2,1-2H3,(H,22,23). The first-order valence-corrected chi connectivity index (χ1v) is 7.91. The monoisotopic (exact) mass is 342 g/mol. The normalized spacial score (nSPS) is 15.7. The van der Waals surface area contributed by atoms with Crippen molar-refractivity contribution in [2.75, 3.05) is 0 Å². The molecular formula is C18H18N2O5. The molecule has 0 amide bonds. The first-order chi connectivity index (χ1) is 11.7. The third kappa shape index (κ3) is 3.17. The maximum atomic E-state index is 12.5. The maximum absolute atomic E-state index is 12.5. The molecule has 0 fully saturated rings. The summed E-state index contributed by atoms with van der Waals surface area (Å²) in [5.74, 6) is -0.997. The maximum Gasteiger partial charge on any atom is 0.309 e. The van der Waals surface area contributed by atoms with Crippen molar-refractivity contribution in [2.45, 2.75) is 33.1 Å². The fourth-order valence-corrected chi connectivity index (χ4v) is 3.40. The molecule has 130 valence electrons. The van der Waals surface area contributed by atoms with E-state index in [1.54, 1.807) is 22.8 Å². The van der Waals surface area contributed by atoms with Gasteiger partial charge < -0.3 is 9.67 Å². The second-order valence-corrected chi connectivity index (χ2v) is 7.12. The first kappa shape index (κ1) is 16.9. The number of rotatable bonds is 4. The molecule has 0 bridgehead atoms. The Balaban J connectivity index is 2.18. The summed E-state index contributed by atoms with van der Waals surface area (Å²) >= 11 is 0. The van der Waals surface area contributed by atoms with E-state index in [-0.39, 0.29) is 23.3 Å². The van der Waals surface area contributed by atoms with Gasteiger partial charge in [0.2, 0.25) is 0 Å². The molecule has 0 aliphatic heterocycles. The summed E-state index contributed by atoms with van der Waals surface area (Å²) < 4.78 is 1.76. The minimum Gasteiger partial charge on any atom is -0.481 e. The summed E-state index contributed by atoms with van der Waals surface area (Å²) in [6, 6.07) is 7.55. The van der Waals surface area contributed by atoms with Crippen LogP contribution in [-0.4, -0.2) is 26.3 Å². The Morgan fingerprint density at radius 2 is 1.92 bits per heavy atom. The van der Waals surface area contributed by atoms with Gasteiger partial charge in [0.05, 0.1) is 11.3 Å². The van der Waals surface area contributed by atoms with Gasteiger partial charge in [0, 0.05) is 41.2 Å². The number of ketones is 1. The molecule has 1 N–H and O–H groups in total. The van der Waals surface area contributed by atoms with E-state index in [0.717, 1.165) is 5.69 Å². The molecule has 1 aromatic carbocycles. The van der Waals surface area contributed by atoms with Gasteiger partial charge in [0.1, 0.15) is 0 Å². The number of aliphatic carboxylic acids is 1. The smallest absolute Gasteiger partial charge is 0.309 e. The van der Waals surface area contributed by atoms with Crippen molar-refractivity contribution in [3.8, 4) is 5.69 Å². The summed E-state index contributed by atoms with van der Waals surface area (Å²) in [5, 5.41) is 20.0. The Morgan fingerprint density at radius 3 is 2.48 bits per heavy atom. The zero-order chi connectivity index (χ0) is 18.4. The van der Waals surface area contributed by atoms with Gasteiger partial charge in [0.15, 0.2) is 5.78 Å². The summed E-state index contributed by atoms with van der Waals surface area (Å²) in [6.07, 6.45) is 0.819. The molecular weight excluding hydrogens is 324 g/mol. The number of hydrogen-bond donors (Lipinski definition) is 1. The number of carboxylic acid groups (broad SMARTS) is 1. The molecule has 2 aromatic rings.